The van der Waals surface area contributed by atoms with E-state index in [2.05, 4.69) is 31.0 Å². The van der Waals surface area contributed by atoms with E-state index in [1.807, 2.05) is 0 Å². The van der Waals surface area contributed by atoms with Gasteiger partial charge in [0.25, 0.3) is 0 Å². The average molecular weight is 256 g/mol. The van der Waals surface area contributed by atoms with E-state index < -0.39 is 0 Å². The van der Waals surface area contributed by atoms with Crippen LogP contribution in [0.1, 0.15) is 52.9 Å². The summed E-state index contributed by atoms with van der Waals surface area (Å²) >= 11 is 0. The number of unbranched alkanes of at least 4 members (excludes halogenated alkanes) is 1. The smallest absolute Gasteiger partial charge is 0.0556 e. The normalized spacial score (nSPS) is 27.3. The Morgan fingerprint density at radius 3 is 2.72 bits per heavy atom. The van der Waals surface area contributed by atoms with Gasteiger partial charge in [0.2, 0.25) is 0 Å². The summed E-state index contributed by atoms with van der Waals surface area (Å²) in [6.07, 6.45) is 6.53. The summed E-state index contributed by atoms with van der Waals surface area (Å²) in [6, 6.07) is 1.26. The molecule has 3 atom stereocenters. The van der Waals surface area contributed by atoms with Gasteiger partial charge in [-0.3, -0.25) is 4.90 Å². The molecule has 3 unspecified atom stereocenters. The first-order valence-electron chi connectivity index (χ1n) is 7.79. The molecule has 1 aliphatic heterocycles. The number of likely N-dealkylation sites (tertiary alicyclic amines) is 1. The van der Waals surface area contributed by atoms with Crippen LogP contribution >= 0.6 is 0 Å². The Morgan fingerprint density at radius 1 is 1.33 bits per heavy atom. The molecule has 1 saturated heterocycles. The molecular weight excluding hydrogens is 224 g/mol. The predicted molar refractivity (Wildman–Crippen MR) is 77.8 cm³/mol. The van der Waals surface area contributed by atoms with Crippen molar-refractivity contribution >= 4 is 0 Å². The van der Waals surface area contributed by atoms with Crippen molar-refractivity contribution in [1.82, 2.24) is 10.2 Å². The molecule has 18 heavy (non-hydrogen) atoms. The zero-order valence-electron chi connectivity index (χ0n) is 12.5. The van der Waals surface area contributed by atoms with Gasteiger partial charge in [0.1, 0.15) is 0 Å². The number of nitrogens with one attached hydrogen (secondary N) is 1. The second kappa shape index (κ2) is 8.89. The summed E-state index contributed by atoms with van der Waals surface area (Å²) in [5.74, 6) is 0.837. The highest BCUT2D eigenvalue weighted by Gasteiger charge is 2.28. The van der Waals surface area contributed by atoms with Crippen molar-refractivity contribution in [3.63, 3.8) is 0 Å². The largest absolute Gasteiger partial charge is 0.395 e. The van der Waals surface area contributed by atoms with E-state index in [1.54, 1.807) is 0 Å². The zero-order valence-corrected chi connectivity index (χ0v) is 12.5. The van der Waals surface area contributed by atoms with Crippen molar-refractivity contribution in [2.24, 2.45) is 5.92 Å². The van der Waals surface area contributed by atoms with Gasteiger partial charge >= 0.3 is 0 Å². The van der Waals surface area contributed by atoms with Crippen LogP contribution in [0, 0.1) is 5.92 Å². The first-order chi connectivity index (χ1) is 8.71. The minimum atomic E-state index is 0.249. The molecule has 0 saturated carbocycles. The van der Waals surface area contributed by atoms with Crippen LogP contribution < -0.4 is 5.32 Å². The fourth-order valence-electron chi connectivity index (χ4n) is 2.98. The predicted octanol–water partition coefficient (Wildman–Crippen LogP) is 2.25. The van der Waals surface area contributed by atoms with Gasteiger partial charge in [-0.25, -0.2) is 0 Å². The molecule has 1 heterocycles. The number of hydrogen-bond acceptors (Lipinski definition) is 3. The Labute approximate surface area is 113 Å². The standard InChI is InChI=1S/C15H32N2O/c1-4-6-7-14-10-15(16-8-9-18)12-17(11-14)13(3)5-2/h13-16,18H,4-12H2,1-3H3. The third kappa shape index (κ3) is 5.25. The van der Waals surface area contributed by atoms with Crippen LogP contribution in [0.5, 0.6) is 0 Å². The van der Waals surface area contributed by atoms with Gasteiger partial charge in [-0.15, -0.1) is 0 Å². The number of piperidine rings is 1. The van der Waals surface area contributed by atoms with E-state index in [0.29, 0.717) is 12.1 Å². The second-order valence-corrected chi connectivity index (χ2v) is 5.83. The lowest BCUT2D eigenvalue weighted by atomic mass is 9.89. The van der Waals surface area contributed by atoms with Crippen LogP contribution in [0.15, 0.2) is 0 Å². The van der Waals surface area contributed by atoms with Gasteiger partial charge < -0.3 is 10.4 Å². The quantitative estimate of drug-likeness (QED) is 0.699. The van der Waals surface area contributed by atoms with Crippen LogP contribution in [0.25, 0.3) is 0 Å². The lowest BCUT2D eigenvalue weighted by Gasteiger charge is -2.41. The van der Waals surface area contributed by atoms with E-state index in [0.717, 1.165) is 19.0 Å². The number of aliphatic hydroxyl groups excluding tert-OH is 1. The number of nitrogens with zero attached hydrogens (tertiary/aromatic N) is 1. The van der Waals surface area contributed by atoms with Crippen LogP contribution in [0.4, 0.5) is 0 Å². The number of hydrogen-bond donors (Lipinski definition) is 2. The highest BCUT2D eigenvalue weighted by molar-refractivity contribution is 4.85. The van der Waals surface area contributed by atoms with E-state index in [-0.39, 0.29) is 6.61 Å². The summed E-state index contributed by atoms with van der Waals surface area (Å²) in [5, 5.41) is 12.4. The minimum absolute atomic E-state index is 0.249. The van der Waals surface area contributed by atoms with Gasteiger partial charge in [-0.2, -0.15) is 0 Å². The van der Waals surface area contributed by atoms with Crippen LogP contribution in [-0.4, -0.2) is 48.3 Å². The summed E-state index contributed by atoms with van der Waals surface area (Å²) < 4.78 is 0. The Kier molecular flexibility index (Phi) is 7.87. The molecule has 1 aliphatic rings. The van der Waals surface area contributed by atoms with Crippen molar-refractivity contribution in [2.45, 2.75) is 65.0 Å². The molecule has 0 radical (unpaired) electrons. The molecule has 0 aromatic carbocycles. The average Bonchev–Trinajstić information content (AvgIpc) is 2.41. The molecule has 2 N–H and O–H groups in total. The maximum Gasteiger partial charge on any atom is 0.0556 e. The monoisotopic (exact) mass is 256 g/mol. The van der Waals surface area contributed by atoms with Crippen molar-refractivity contribution in [1.29, 1.82) is 0 Å². The molecular formula is C15H32N2O. The van der Waals surface area contributed by atoms with Gasteiger partial charge in [0, 0.05) is 31.7 Å². The molecule has 3 heteroatoms. The topological polar surface area (TPSA) is 35.5 Å². The van der Waals surface area contributed by atoms with E-state index in [9.17, 15) is 0 Å². The molecule has 0 amide bonds. The lowest BCUT2D eigenvalue weighted by molar-refractivity contribution is 0.0954. The molecule has 0 aliphatic carbocycles. The van der Waals surface area contributed by atoms with Crippen molar-refractivity contribution in [2.75, 3.05) is 26.2 Å². The van der Waals surface area contributed by atoms with Gasteiger partial charge in [0.05, 0.1) is 6.61 Å². The molecule has 1 rings (SSSR count). The Hall–Kier alpha value is -0.120. The third-order valence-corrected chi connectivity index (χ3v) is 4.29. The van der Waals surface area contributed by atoms with Crippen LogP contribution in [0.2, 0.25) is 0 Å². The second-order valence-electron chi connectivity index (χ2n) is 5.83. The Morgan fingerprint density at radius 2 is 2.11 bits per heavy atom. The van der Waals surface area contributed by atoms with Crippen LogP contribution in [0.3, 0.4) is 0 Å². The van der Waals surface area contributed by atoms with Gasteiger partial charge in [-0.1, -0.05) is 26.7 Å². The fraction of sp³-hybridized carbons (Fsp3) is 1.00. The number of rotatable bonds is 8. The highest BCUT2D eigenvalue weighted by Crippen LogP contribution is 2.24. The van der Waals surface area contributed by atoms with Gasteiger partial charge in [-0.05, 0) is 32.1 Å². The SMILES string of the molecule is CCCCC1CC(NCCO)CN(C(C)CC)C1. The first kappa shape index (κ1) is 15.9. The molecule has 1 fully saturated rings. The summed E-state index contributed by atoms with van der Waals surface area (Å²) in [7, 11) is 0. The molecule has 108 valence electrons. The summed E-state index contributed by atoms with van der Waals surface area (Å²) in [6.45, 7) is 10.3. The summed E-state index contributed by atoms with van der Waals surface area (Å²) in [5.41, 5.74) is 0. The molecule has 0 aromatic heterocycles. The molecule has 0 spiro atoms. The van der Waals surface area contributed by atoms with Crippen LogP contribution in [-0.2, 0) is 0 Å². The Bertz CT molecular complexity index is 195. The van der Waals surface area contributed by atoms with Crippen molar-refractivity contribution in [3.8, 4) is 0 Å². The third-order valence-electron chi connectivity index (χ3n) is 4.29. The summed E-state index contributed by atoms with van der Waals surface area (Å²) in [4.78, 5) is 2.64. The molecule has 0 aromatic rings. The van der Waals surface area contributed by atoms with Gasteiger partial charge in [0.15, 0.2) is 0 Å². The van der Waals surface area contributed by atoms with Crippen molar-refractivity contribution in [3.05, 3.63) is 0 Å². The minimum Gasteiger partial charge on any atom is -0.395 e. The zero-order chi connectivity index (χ0) is 13.4. The number of aliphatic hydroxyl groups is 1. The Balaban J connectivity index is 2.48. The maximum absolute atomic E-state index is 8.95. The molecule has 0 bridgehead atoms. The van der Waals surface area contributed by atoms with E-state index in [1.165, 1.54) is 38.6 Å². The van der Waals surface area contributed by atoms with E-state index in [4.69, 9.17) is 5.11 Å². The first-order valence-corrected chi connectivity index (χ1v) is 7.79. The highest BCUT2D eigenvalue weighted by atomic mass is 16.3. The molecule has 3 nitrogen and oxygen atoms in total. The maximum atomic E-state index is 8.95. The van der Waals surface area contributed by atoms with E-state index >= 15 is 0 Å². The van der Waals surface area contributed by atoms with Crippen molar-refractivity contribution < 1.29 is 5.11 Å². The fourth-order valence-corrected chi connectivity index (χ4v) is 2.98. The lowest BCUT2D eigenvalue weighted by Crippen LogP contribution is -2.52.